The molecule has 0 amide bonds. The standard InChI is InChI=1S/2C5H5.3CH3.Nb.Sn/c2*1-2-4-5-3-1;;;;;/h2*1-5H;3*1H3;;/q;;;;;+2;. The Morgan fingerprint density at radius 3 is 0.600 bits per heavy atom. The average Bonchev–Trinajstić information content (AvgIpc) is 2.83. The Balaban J connectivity index is 0. The van der Waals surface area contributed by atoms with Gasteiger partial charge >= 0.3 is 57.0 Å². The monoisotopic (exact) mass is 388 g/mol. The fourth-order valence-electron chi connectivity index (χ4n) is 0.642. The molecule has 0 nitrogen and oxygen atoms in total. The van der Waals surface area contributed by atoms with Crippen molar-refractivity contribution >= 4 is 19.8 Å². The molecule has 78 valence electrons. The predicted molar refractivity (Wildman–Crippen MR) is 66.3 cm³/mol. The summed E-state index contributed by atoms with van der Waals surface area (Å²) in [4.78, 5) is 7.09. The van der Waals surface area contributed by atoms with Crippen LogP contribution in [0.25, 0.3) is 0 Å². The van der Waals surface area contributed by atoms with Gasteiger partial charge in [-0.3, -0.25) is 0 Å². The Morgan fingerprint density at radius 2 is 0.533 bits per heavy atom. The summed E-state index contributed by atoms with van der Waals surface area (Å²) >= 11 is -0.543. The van der Waals surface area contributed by atoms with Crippen LogP contribution in [0.15, 0.2) is 0 Å². The van der Waals surface area contributed by atoms with E-state index in [1.165, 1.54) is 0 Å². The fourth-order valence-corrected chi connectivity index (χ4v) is 0.642. The third-order valence-electron chi connectivity index (χ3n) is 1.11. The maximum Gasteiger partial charge on any atom is 2.00 e. The van der Waals surface area contributed by atoms with Crippen LogP contribution in [0.3, 0.4) is 0 Å². The van der Waals surface area contributed by atoms with Gasteiger partial charge in [-0.1, -0.05) is 0 Å². The Hall–Kier alpha value is 1.54. The number of rotatable bonds is 0. The smallest absolute Gasteiger partial charge is 0.0312 e. The molecular weight excluding hydrogens is 368 g/mol. The topological polar surface area (TPSA) is 0 Å². The molecule has 0 aromatic heterocycles. The van der Waals surface area contributed by atoms with Gasteiger partial charge in [0.1, 0.15) is 0 Å². The zero-order valence-electron chi connectivity index (χ0n) is 9.72. The average molecular weight is 387 g/mol. The molecule has 2 aliphatic rings. The Labute approximate surface area is 120 Å². The summed E-state index contributed by atoms with van der Waals surface area (Å²) in [6, 6.07) is 0. The Bertz CT molecular complexity index is 68.7. The van der Waals surface area contributed by atoms with Gasteiger partial charge in [-0.05, 0) is 64.2 Å². The Morgan fingerprint density at radius 1 is 0.467 bits per heavy atom. The summed E-state index contributed by atoms with van der Waals surface area (Å²) in [5.41, 5.74) is 0. The molecule has 2 saturated carbocycles. The van der Waals surface area contributed by atoms with Gasteiger partial charge in [0.2, 0.25) is 0 Å². The third-order valence-corrected chi connectivity index (χ3v) is 1.11. The van der Waals surface area contributed by atoms with Gasteiger partial charge in [0.25, 0.3) is 0 Å². The molecule has 0 bridgehead atoms. The van der Waals surface area contributed by atoms with Crippen LogP contribution in [0.4, 0.5) is 0 Å². The van der Waals surface area contributed by atoms with Crippen LogP contribution in [-0.2, 0) is 22.4 Å². The first-order valence-electron chi connectivity index (χ1n) is 4.83. The first kappa shape index (κ1) is 18.9. The molecule has 0 saturated heterocycles. The van der Waals surface area contributed by atoms with E-state index in [9.17, 15) is 0 Å². The molecule has 0 atom stereocenters. The van der Waals surface area contributed by atoms with Gasteiger partial charge in [0, 0.05) is 0 Å². The van der Waals surface area contributed by atoms with Crippen LogP contribution in [0.1, 0.15) is 0 Å². The molecule has 2 heteroatoms. The minimum Gasteiger partial charge on any atom is -0.0312 e. The van der Waals surface area contributed by atoms with Crippen molar-refractivity contribution in [1.82, 2.24) is 0 Å². The first-order valence-corrected chi connectivity index (χ1v) is 13.4. The van der Waals surface area contributed by atoms with Gasteiger partial charge in [-0.25, -0.2) is 0 Å². The van der Waals surface area contributed by atoms with E-state index in [0.717, 1.165) is 0 Å². The van der Waals surface area contributed by atoms with E-state index in [0.29, 0.717) is 0 Å². The van der Waals surface area contributed by atoms with Crippen molar-refractivity contribution in [3.8, 4) is 0 Å². The summed E-state index contributed by atoms with van der Waals surface area (Å²) in [6.07, 6.45) is 20.0. The van der Waals surface area contributed by atoms with Crippen molar-refractivity contribution in [1.29, 1.82) is 0 Å². The Kier molecular flexibility index (Phi) is 19.6. The van der Waals surface area contributed by atoms with Crippen molar-refractivity contribution in [3.63, 3.8) is 0 Å². The predicted octanol–water partition coefficient (Wildman–Crippen LogP) is 3.41. The van der Waals surface area contributed by atoms with Crippen LogP contribution < -0.4 is 0 Å². The van der Waals surface area contributed by atoms with Crippen LogP contribution >= 0.6 is 0 Å². The van der Waals surface area contributed by atoms with E-state index in [1.54, 1.807) is 0 Å². The van der Waals surface area contributed by atoms with E-state index in [4.69, 9.17) is 0 Å². The SMILES string of the molecule is [CH3][Sn]([CH3])[CH3].[CH]1[CH][CH][CH][CH]1.[CH]1[CH][CH][CH][CH]1.[Nb+2]. The summed E-state index contributed by atoms with van der Waals surface area (Å²) in [7, 11) is 0. The summed E-state index contributed by atoms with van der Waals surface area (Å²) in [5.74, 6) is 0. The minimum absolute atomic E-state index is 0. The zero-order chi connectivity index (χ0) is 10.6. The fraction of sp³-hybridized carbons (Fsp3) is 0.231. The van der Waals surface area contributed by atoms with Gasteiger partial charge in [0.05, 0.1) is 0 Å². The number of hydrogen-bond acceptors (Lipinski definition) is 0. The second-order valence-corrected chi connectivity index (χ2v) is 12.0. The molecule has 0 aliphatic heterocycles. The van der Waals surface area contributed by atoms with Gasteiger partial charge < -0.3 is 0 Å². The molecule has 0 N–H and O–H groups in total. The van der Waals surface area contributed by atoms with Gasteiger partial charge in [-0.2, -0.15) is 0 Å². The van der Waals surface area contributed by atoms with E-state index in [-0.39, 0.29) is 22.4 Å². The van der Waals surface area contributed by atoms with Crippen LogP contribution in [-0.4, -0.2) is 19.8 Å². The molecule has 2 fully saturated rings. The van der Waals surface area contributed by atoms with Crippen LogP contribution in [0, 0.1) is 64.2 Å². The zero-order valence-corrected chi connectivity index (χ0v) is 14.8. The van der Waals surface area contributed by atoms with Gasteiger partial charge in [0.15, 0.2) is 0 Å². The molecule has 2 aliphatic carbocycles. The summed E-state index contributed by atoms with van der Waals surface area (Å²) < 4.78 is 0. The van der Waals surface area contributed by atoms with E-state index < -0.39 is 19.8 Å². The molecule has 0 unspecified atom stereocenters. The maximum absolute atomic E-state index is 2.36. The first-order chi connectivity index (χ1) is 6.73. The largest absolute Gasteiger partial charge is 2.00 e. The molecule has 0 aromatic rings. The molecule has 0 spiro atoms. The van der Waals surface area contributed by atoms with Crippen LogP contribution in [0.5, 0.6) is 0 Å². The summed E-state index contributed by atoms with van der Waals surface area (Å²) in [6.45, 7) is 0. The third kappa shape index (κ3) is 21.4. The van der Waals surface area contributed by atoms with Crippen molar-refractivity contribution in [2.45, 2.75) is 14.8 Å². The molecule has 0 aromatic carbocycles. The quantitative estimate of drug-likeness (QED) is 0.560. The van der Waals surface area contributed by atoms with Crippen molar-refractivity contribution in [3.05, 3.63) is 64.2 Å². The molecular formula is C13H19NbSn+2. The van der Waals surface area contributed by atoms with E-state index in [2.05, 4.69) is 14.8 Å². The second kappa shape index (κ2) is 15.5. The molecule has 15 heavy (non-hydrogen) atoms. The van der Waals surface area contributed by atoms with Gasteiger partial charge in [-0.15, -0.1) is 0 Å². The molecule has 2 rings (SSSR count). The van der Waals surface area contributed by atoms with E-state index in [1.807, 2.05) is 64.2 Å². The maximum atomic E-state index is 2.36. The normalized spacial score (nSPS) is 18.4. The molecule has 12 radical (unpaired) electrons. The van der Waals surface area contributed by atoms with E-state index >= 15 is 0 Å². The molecule has 0 heterocycles. The number of hydrogen-bond donors (Lipinski definition) is 0. The summed E-state index contributed by atoms with van der Waals surface area (Å²) in [5, 5.41) is 0. The van der Waals surface area contributed by atoms with Crippen molar-refractivity contribution in [2.24, 2.45) is 0 Å². The van der Waals surface area contributed by atoms with Crippen molar-refractivity contribution in [2.75, 3.05) is 0 Å². The second-order valence-electron chi connectivity index (χ2n) is 3.42. The minimum atomic E-state index is -0.543. The van der Waals surface area contributed by atoms with Crippen molar-refractivity contribution < 1.29 is 22.4 Å². The van der Waals surface area contributed by atoms with Crippen LogP contribution in [0.2, 0.25) is 14.8 Å².